The molecule has 0 radical (unpaired) electrons. The van der Waals surface area contributed by atoms with Crippen LogP contribution < -0.4 is 16.0 Å². The van der Waals surface area contributed by atoms with Gasteiger partial charge in [0.05, 0.1) is 31.5 Å². The van der Waals surface area contributed by atoms with Crippen LogP contribution in [0.25, 0.3) is 0 Å². The summed E-state index contributed by atoms with van der Waals surface area (Å²) < 4.78 is 36.2. The van der Waals surface area contributed by atoms with E-state index in [1.165, 1.54) is 7.11 Å². The minimum Gasteiger partial charge on any atom is -0.465 e. The number of amides is 3. The molecule has 10 heteroatoms. The predicted octanol–water partition coefficient (Wildman–Crippen LogP) is 0.635. The Hall–Kier alpha value is -2.75. The van der Waals surface area contributed by atoms with Crippen molar-refractivity contribution in [1.82, 2.24) is 10.6 Å². The summed E-state index contributed by atoms with van der Waals surface area (Å²) in [6, 6.07) is 0.625. The number of methoxy groups -OCH3 is 2. The molecule has 8 nitrogen and oxygen atoms in total. The second kappa shape index (κ2) is 9.40. The average molecular weight is 345 g/mol. The number of carbonyl (C=O) groups is 3. The molecule has 0 heterocycles. The number of urea groups is 1. The van der Waals surface area contributed by atoms with E-state index in [0.29, 0.717) is 6.07 Å². The minimum absolute atomic E-state index is 0.206. The highest BCUT2D eigenvalue weighted by Crippen LogP contribution is 2.20. The van der Waals surface area contributed by atoms with Gasteiger partial charge in [0.2, 0.25) is 5.91 Å². The lowest BCUT2D eigenvalue weighted by Gasteiger charge is -2.10. The Bertz CT molecular complexity index is 625. The fourth-order valence-electron chi connectivity index (χ4n) is 1.61. The highest BCUT2D eigenvalue weighted by Gasteiger charge is 2.17. The van der Waals surface area contributed by atoms with Crippen molar-refractivity contribution in [3.8, 4) is 0 Å². The number of rotatable bonds is 7. The number of imide groups is 1. The average Bonchev–Trinajstić information content (AvgIpc) is 2.53. The maximum absolute atomic E-state index is 13.6. The van der Waals surface area contributed by atoms with Gasteiger partial charge in [0, 0.05) is 19.7 Å². The van der Waals surface area contributed by atoms with E-state index in [9.17, 15) is 23.2 Å². The Morgan fingerprint density at radius 3 is 2.46 bits per heavy atom. The molecule has 0 fully saturated rings. The van der Waals surface area contributed by atoms with Crippen LogP contribution in [0.1, 0.15) is 10.4 Å². The summed E-state index contributed by atoms with van der Waals surface area (Å²) in [5.41, 5.74) is -0.772. The zero-order chi connectivity index (χ0) is 18.1. The van der Waals surface area contributed by atoms with E-state index in [4.69, 9.17) is 4.74 Å². The molecule has 1 aromatic rings. The van der Waals surface area contributed by atoms with Gasteiger partial charge in [0.1, 0.15) is 11.6 Å². The zero-order valence-corrected chi connectivity index (χ0v) is 13.1. The first kappa shape index (κ1) is 19.3. The lowest BCUT2D eigenvalue weighted by atomic mass is 10.1. The van der Waals surface area contributed by atoms with Gasteiger partial charge in [0.15, 0.2) is 0 Å². The van der Waals surface area contributed by atoms with Crippen LogP contribution in [0.5, 0.6) is 0 Å². The number of carbonyl (C=O) groups excluding carboxylic acids is 3. The van der Waals surface area contributed by atoms with Crippen molar-refractivity contribution in [2.24, 2.45) is 0 Å². The number of nitrogens with one attached hydrogen (secondary N) is 3. The highest BCUT2D eigenvalue weighted by molar-refractivity contribution is 5.96. The third-order valence-electron chi connectivity index (χ3n) is 2.75. The zero-order valence-electron chi connectivity index (χ0n) is 13.1. The van der Waals surface area contributed by atoms with Crippen molar-refractivity contribution in [1.29, 1.82) is 0 Å². The van der Waals surface area contributed by atoms with E-state index in [0.717, 1.165) is 13.2 Å². The van der Waals surface area contributed by atoms with Gasteiger partial charge < -0.3 is 20.1 Å². The van der Waals surface area contributed by atoms with Crippen molar-refractivity contribution in [2.45, 2.75) is 0 Å². The van der Waals surface area contributed by atoms with Gasteiger partial charge in [-0.15, -0.1) is 0 Å². The molecule has 24 heavy (non-hydrogen) atoms. The second-order valence-electron chi connectivity index (χ2n) is 4.45. The van der Waals surface area contributed by atoms with Crippen LogP contribution in [0.2, 0.25) is 0 Å². The summed E-state index contributed by atoms with van der Waals surface area (Å²) in [6.07, 6.45) is 0. The van der Waals surface area contributed by atoms with E-state index in [1.807, 2.05) is 5.32 Å². The Morgan fingerprint density at radius 1 is 1.12 bits per heavy atom. The Kier molecular flexibility index (Phi) is 7.56. The van der Waals surface area contributed by atoms with Gasteiger partial charge >= 0.3 is 12.0 Å². The molecule has 3 N–H and O–H groups in total. The highest BCUT2D eigenvalue weighted by atomic mass is 19.1. The van der Waals surface area contributed by atoms with E-state index in [1.54, 1.807) is 0 Å². The summed E-state index contributed by atoms with van der Waals surface area (Å²) >= 11 is 0. The number of hydrogen-bond acceptors (Lipinski definition) is 6. The lowest BCUT2D eigenvalue weighted by Crippen LogP contribution is -2.43. The van der Waals surface area contributed by atoms with E-state index < -0.39 is 41.7 Å². The molecule has 0 aliphatic carbocycles. The third kappa shape index (κ3) is 5.80. The molecule has 0 aromatic heterocycles. The van der Waals surface area contributed by atoms with Crippen molar-refractivity contribution in [2.75, 3.05) is 39.2 Å². The van der Waals surface area contributed by atoms with Crippen LogP contribution >= 0.6 is 0 Å². The summed E-state index contributed by atoms with van der Waals surface area (Å²) in [5, 5.41) is 6.71. The summed E-state index contributed by atoms with van der Waals surface area (Å²) in [5.74, 6) is -3.84. The van der Waals surface area contributed by atoms with Gasteiger partial charge in [-0.2, -0.15) is 0 Å². The first-order valence-electron chi connectivity index (χ1n) is 6.76. The molecule has 0 unspecified atom stereocenters. The van der Waals surface area contributed by atoms with Gasteiger partial charge in [-0.05, 0) is 6.07 Å². The van der Waals surface area contributed by atoms with Crippen LogP contribution in [0.4, 0.5) is 19.3 Å². The van der Waals surface area contributed by atoms with E-state index >= 15 is 0 Å². The molecule has 1 rings (SSSR count). The number of ether oxygens (including phenoxy) is 2. The van der Waals surface area contributed by atoms with Gasteiger partial charge in [-0.25, -0.2) is 18.4 Å². The Balaban J connectivity index is 2.62. The van der Waals surface area contributed by atoms with Crippen LogP contribution in [-0.2, 0) is 14.3 Å². The van der Waals surface area contributed by atoms with Gasteiger partial charge in [-0.3, -0.25) is 10.1 Å². The van der Waals surface area contributed by atoms with Gasteiger partial charge in [-0.1, -0.05) is 0 Å². The summed E-state index contributed by atoms with van der Waals surface area (Å²) in [6.45, 7) is 0.00986. The first-order chi connectivity index (χ1) is 11.4. The summed E-state index contributed by atoms with van der Waals surface area (Å²) in [4.78, 5) is 34.2. The smallest absolute Gasteiger partial charge is 0.340 e. The maximum Gasteiger partial charge on any atom is 0.340 e. The molecule has 0 aliphatic rings. The topological polar surface area (TPSA) is 106 Å². The Morgan fingerprint density at radius 2 is 1.83 bits per heavy atom. The van der Waals surface area contributed by atoms with Gasteiger partial charge in [0.25, 0.3) is 0 Å². The number of esters is 1. The number of hydrogen-bond donors (Lipinski definition) is 3. The van der Waals surface area contributed by atoms with E-state index in [-0.39, 0.29) is 18.8 Å². The third-order valence-corrected chi connectivity index (χ3v) is 2.75. The van der Waals surface area contributed by atoms with Crippen molar-refractivity contribution in [3.05, 3.63) is 29.3 Å². The molecule has 1 aromatic carbocycles. The van der Waals surface area contributed by atoms with Crippen molar-refractivity contribution >= 4 is 23.6 Å². The number of halogens is 2. The molecule has 0 spiro atoms. The van der Waals surface area contributed by atoms with Crippen LogP contribution in [0.15, 0.2) is 12.1 Å². The molecule has 0 aliphatic heterocycles. The Labute approximate surface area is 136 Å². The molecular formula is C14H17F2N3O5. The molecule has 0 saturated heterocycles. The standard InChI is InChI=1S/C14H17F2N3O5/c1-23-4-3-17-14(22)19-12(20)7-18-11-5-8(13(21)24-2)9(15)6-10(11)16/h5-6,18H,3-4,7H2,1-2H3,(H2,17,19,20,22). The molecule has 3 amide bonds. The molecule has 132 valence electrons. The van der Waals surface area contributed by atoms with E-state index in [2.05, 4.69) is 15.4 Å². The number of benzene rings is 1. The largest absolute Gasteiger partial charge is 0.465 e. The van der Waals surface area contributed by atoms with Crippen LogP contribution in [-0.4, -0.2) is 51.8 Å². The SMILES string of the molecule is COCCNC(=O)NC(=O)CNc1cc(C(=O)OC)c(F)cc1F. The van der Waals surface area contributed by atoms with Crippen molar-refractivity contribution < 1.29 is 32.6 Å². The lowest BCUT2D eigenvalue weighted by molar-refractivity contribution is -0.118. The molecular weight excluding hydrogens is 328 g/mol. The second-order valence-corrected chi connectivity index (χ2v) is 4.45. The molecule has 0 bridgehead atoms. The maximum atomic E-state index is 13.6. The van der Waals surface area contributed by atoms with Crippen LogP contribution in [0, 0.1) is 11.6 Å². The first-order valence-corrected chi connectivity index (χ1v) is 6.76. The van der Waals surface area contributed by atoms with Crippen molar-refractivity contribution in [3.63, 3.8) is 0 Å². The molecule has 0 saturated carbocycles. The van der Waals surface area contributed by atoms with Crippen LogP contribution in [0.3, 0.4) is 0 Å². The quantitative estimate of drug-likeness (QED) is 0.495. The predicted molar refractivity (Wildman–Crippen MR) is 79.6 cm³/mol. The molecule has 0 atom stereocenters. The number of anilines is 1. The fourth-order valence-corrected chi connectivity index (χ4v) is 1.61. The summed E-state index contributed by atoms with van der Waals surface area (Å²) in [7, 11) is 2.50. The minimum atomic E-state index is -1.09. The normalized spacial score (nSPS) is 10.0. The fraction of sp³-hybridized carbons (Fsp3) is 0.357. The monoisotopic (exact) mass is 345 g/mol.